The lowest BCUT2D eigenvalue weighted by molar-refractivity contribution is -0.167. The van der Waals surface area contributed by atoms with Crippen LogP contribution in [0.5, 0.6) is 0 Å². The van der Waals surface area contributed by atoms with Gasteiger partial charge in [0.1, 0.15) is 13.2 Å². The second-order valence-corrected chi connectivity index (χ2v) is 22.0. The number of carbonyl (C=O) groups is 3. The third-order valence-corrected chi connectivity index (χ3v) is 14.2. The highest BCUT2D eigenvalue weighted by Gasteiger charge is 2.19. The third kappa shape index (κ3) is 64.8. The molecule has 0 bridgehead atoms. The monoisotopic (exact) mass is 1100 g/mol. The Balaban J connectivity index is 4.34. The van der Waals surface area contributed by atoms with Crippen LogP contribution in [0.1, 0.15) is 316 Å². The number of carbonyl (C=O) groups excluding carboxylic acids is 3. The molecule has 452 valence electrons. The molecular weight excluding hydrogens is 973 g/mol. The summed E-state index contributed by atoms with van der Waals surface area (Å²) in [5, 5.41) is 0. The van der Waals surface area contributed by atoms with Crippen LogP contribution in [0.25, 0.3) is 0 Å². The molecule has 0 aliphatic heterocycles. The van der Waals surface area contributed by atoms with Crippen molar-refractivity contribution in [3.05, 3.63) is 109 Å². The molecule has 0 spiro atoms. The van der Waals surface area contributed by atoms with E-state index in [-0.39, 0.29) is 31.1 Å². The van der Waals surface area contributed by atoms with Gasteiger partial charge >= 0.3 is 17.9 Å². The zero-order valence-electron chi connectivity index (χ0n) is 51.9. The maximum Gasteiger partial charge on any atom is 0.306 e. The van der Waals surface area contributed by atoms with E-state index in [9.17, 15) is 14.4 Å². The smallest absolute Gasteiger partial charge is 0.306 e. The fourth-order valence-corrected chi connectivity index (χ4v) is 9.24. The van der Waals surface area contributed by atoms with E-state index in [0.717, 1.165) is 135 Å². The van der Waals surface area contributed by atoms with Gasteiger partial charge in [0.25, 0.3) is 0 Å². The summed E-state index contributed by atoms with van der Waals surface area (Å²) in [5.41, 5.74) is 0. The Labute approximate surface area is 489 Å². The summed E-state index contributed by atoms with van der Waals surface area (Å²) < 4.78 is 16.9. The topological polar surface area (TPSA) is 78.9 Å². The molecule has 0 saturated heterocycles. The molecule has 0 fully saturated rings. The first-order chi connectivity index (χ1) is 39.0. The fourth-order valence-electron chi connectivity index (χ4n) is 9.24. The van der Waals surface area contributed by atoms with Crippen LogP contribution in [0.2, 0.25) is 0 Å². The molecule has 79 heavy (non-hydrogen) atoms. The zero-order chi connectivity index (χ0) is 57.1. The molecule has 6 heteroatoms. The van der Waals surface area contributed by atoms with Crippen molar-refractivity contribution in [2.75, 3.05) is 13.2 Å². The quantitative estimate of drug-likeness (QED) is 0.0261. The summed E-state index contributed by atoms with van der Waals surface area (Å²) in [7, 11) is 0. The Hall–Kier alpha value is -3.93. The molecule has 0 rings (SSSR count). The molecule has 0 aliphatic carbocycles. The summed E-state index contributed by atoms with van der Waals surface area (Å²) in [6, 6.07) is 0. The molecule has 0 saturated carbocycles. The summed E-state index contributed by atoms with van der Waals surface area (Å²) >= 11 is 0. The minimum absolute atomic E-state index is 0.0878. The minimum Gasteiger partial charge on any atom is -0.462 e. The summed E-state index contributed by atoms with van der Waals surface area (Å²) in [4.78, 5) is 38.4. The first kappa shape index (κ1) is 75.1. The molecular formula is C73H124O6. The van der Waals surface area contributed by atoms with Gasteiger partial charge in [-0.3, -0.25) is 14.4 Å². The van der Waals surface area contributed by atoms with Crippen LogP contribution in [0.15, 0.2) is 109 Å². The first-order valence-corrected chi connectivity index (χ1v) is 33.4. The highest BCUT2D eigenvalue weighted by atomic mass is 16.6. The van der Waals surface area contributed by atoms with Gasteiger partial charge in [0.15, 0.2) is 6.10 Å². The van der Waals surface area contributed by atoms with E-state index in [1.165, 1.54) is 141 Å². The normalized spacial score (nSPS) is 12.8. The van der Waals surface area contributed by atoms with Crippen molar-refractivity contribution in [1.82, 2.24) is 0 Å². The average Bonchev–Trinajstić information content (AvgIpc) is 3.45. The van der Waals surface area contributed by atoms with Gasteiger partial charge in [-0.2, -0.15) is 0 Å². The number of hydrogen-bond donors (Lipinski definition) is 0. The predicted octanol–water partition coefficient (Wildman–Crippen LogP) is 23.0. The van der Waals surface area contributed by atoms with Gasteiger partial charge in [0.05, 0.1) is 0 Å². The van der Waals surface area contributed by atoms with Crippen molar-refractivity contribution < 1.29 is 28.6 Å². The van der Waals surface area contributed by atoms with E-state index in [0.29, 0.717) is 19.3 Å². The summed E-state index contributed by atoms with van der Waals surface area (Å²) in [6.07, 6.45) is 91.0. The molecule has 0 aliphatic rings. The lowest BCUT2D eigenvalue weighted by Crippen LogP contribution is -2.30. The summed E-state index contributed by atoms with van der Waals surface area (Å²) in [6.45, 7) is 6.47. The van der Waals surface area contributed by atoms with Gasteiger partial charge in [-0.1, -0.05) is 284 Å². The van der Waals surface area contributed by atoms with Gasteiger partial charge in [-0.15, -0.1) is 0 Å². The maximum absolute atomic E-state index is 12.9. The van der Waals surface area contributed by atoms with E-state index in [4.69, 9.17) is 14.2 Å². The van der Waals surface area contributed by atoms with Gasteiger partial charge in [-0.05, 0) is 122 Å². The van der Waals surface area contributed by atoms with Crippen molar-refractivity contribution in [2.45, 2.75) is 322 Å². The van der Waals surface area contributed by atoms with Crippen LogP contribution in [0.4, 0.5) is 0 Å². The molecule has 0 heterocycles. The Morgan fingerprint density at radius 2 is 0.519 bits per heavy atom. The van der Waals surface area contributed by atoms with Crippen LogP contribution in [-0.2, 0) is 28.6 Å². The van der Waals surface area contributed by atoms with Crippen LogP contribution < -0.4 is 0 Å². The number of esters is 3. The number of allylic oxidation sites excluding steroid dienone is 18. The number of ether oxygens (including phenoxy) is 3. The molecule has 0 radical (unpaired) electrons. The second-order valence-electron chi connectivity index (χ2n) is 22.0. The van der Waals surface area contributed by atoms with E-state index in [1.54, 1.807) is 0 Å². The van der Waals surface area contributed by atoms with Crippen LogP contribution in [0, 0.1) is 0 Å². The number of rotatable bonds is 60. The standard InChI is InChI=1S/C73H124O6/c1-4-7-10-13-16-19-22-25-27-29-31-33-34-35-36-37-38-40-41-43-45-48-51-54-57-60-63-66-72(75)78-69-70(68-77-71(74)65-62-59-56-53-50-47-24-21-18-15-12-9-6-3)79-73(76)67-64-61-58-55-52-49-46-44-42-39-32-30-28-26-23-20-17-14-11-8-5-2/h7,10,12,15-16,19,21,24-25,27,30-33,35-36,38,40,70H,4-6,8-9,11,13-14,17-18,20,22-23,26,28-29,34,37,39,41-69H2,1-3H3/b10-7-,15-12-,19-16-,24-21-,27-25-,32-30-,33-31-,36-35-,40-38-. The van der Waals surface area contributed by atoms with Gasteiger partial charge in [0.2, 0.25) is 0 Å². The molecule has 0 amide bonds. The zero-order valence-corrected chi connectivity index (χ0v) is 51.9. The van der Waals surface area contributed by atoms with E-state index in [2.05, 4.69) is 130 Å². The largest absolute Gasteiger partial charge is 0.462 e. The average molecular weight is 1100 g/mol. The highest BCUT2D eigenvalue weighted by molar-refractivity contribution is 5.71. The lowest BCUT2D eigenvalue weighted by Gasteiger charge is -2.18. The molecule has 0 aromatic carbocycles. The van der Waals surface area contributed by atoms with E-state index in [1.807, 2.05) is 0 Å². The van der Waals surface area contributed by atoms with Crippen molar-refractivity contribution in [1.29, 1.82) is 0 Å². The van der Waals surface area contributed by atoms with Crippen LogP contribution in [0.3, 0.4) is 0 Å². The molecule has 0 N–H and O–H groups in total. The fraction of sp³-hybridized carbons (Fsp3) is 0.712. The number of hydrogen-bond acceptors (Lipinski definition) is 6. The van der Waals surface area contributed by atoms with Gasteiger partial charge in [0, 0.05) is 19.3 Å². The molecule has 0 aromatic rings. The van der Waals surface area contributed by atoms with Crippen molar-refractivity contribution in [2.24, 2.45) is 0 Å². The lowest BCUT2D eigenvalue weighted by atomic mass is 10.1. The van der Waals surface area contributed by atoms with E-state index >= 15 is 0 Å². The summed E-state index contributed by atoms with van der Waals surface area (Å²) in [5.74, 6) is -0.903. The van der Waals surface area contributed by atoms with Crippen molar-refractivity contribution >= 4 is 17.9 Å². The Morgan fingerprint density at radius 1 is 0.266 bits per heavy atom. The predicted molar refractivity (Wildman–Crippen MR) is 343 cm³/mol. The molecule has 6 nitrogen and oxygen atoms in total. The number of unbranched alkanes of at least 4 members (excludes halogenated alkanes) is 31. The Morgan fingerprint density at radius 3 is 0.835 bits per heavy atom. The van der Waals surface area contributed by atoms with Gasteiger partial charge in [-0.25, -0.2) is 0 Å². The molecule has 0 aromatic heterocycles. The maximum atomic E-state index is 12.9. The highest BCUT2D eigenvalue weighted by Crippen LogP contribution is 2.16. The second kappa shape index (κ2) is 66.6. The van der Waals surface area contributed by atoms with Crippen LogP contribution in [-0.4, -0.2) is 37.2 Å². The molecule has 1 unspecified atom stereocenters. The van der Waals surface area contributed by atoms with Crippen LogP contribution >= 0.6 is 0 Å². The minimum atomic E-state index is -0.791. The van der Waals surface area contributed by atoms with Crippen molar-refractivity contribution in [3.63, 3.8) is 0 Å². The third-order valence-electron chi connectivity index (χ3n) is 14.2. The molecule has 1 atom stereocenters. The Kier molecular flexibility index (Phi) is 63.3. The van der Waals surface area contributed by atoms with E-state index < -0.39 is 6.10 Å². The SMILES string of the molecule is CC/C=C\C/C=C\C/C=C\C/C=C\C/C=C\C/C=C\CCCCCCCCCCC(=O)OCC(COC(=O)CCCCCCC/C=C\C/C=C\CCC)OC(=O)CCCCCCCCCCC/C=C\CCCCCCCCCC. The first-order valence-electron chi connectivity index (χ1n) is 33.4. The van der Waals surface area contributed by atoms with Crippen molar-refractivity contribution in [3.8, 4) is 0 Å². The van der Waals surface area contributed by atoms with Gasteiger partial charge < -0.3 is 14.2 Å². The Bertz CT molecular complexity index is 1590.